The molecule has 1 amide bonds. The summed E-state index contributed by atoms with van der Waals surface area (Å²) in [6.45, 7) is 2.61. The standard InChI is InChI=1S/C15H20FN3O2/c1-2-12-14(15(21)17-8-4-3-5-9-20)19-10-11(16)6-7-13(19)18-12/h6-7,10,20H,2-5,8-9H2,1H3,(H,17,21). The normalized spacial score (nSPS) is 11.0. The van der Waals surface area contributed by atoms with Crippen LogP contribution in [0.1, 0.15) is 42.4 Å². The highest BCUT2D eigenvalue weighted by atomic mass is 19.1. The molecule has 0 unspecified atom stereocenters. The molecule has 0 bridgehead atoms. The number of halogens is 1. The van der Waals surface area contributed by atoms with E-state index in [-0.39, 0.29) is 12.5 Å². The third-order valence-electron chi connectivity index (χ3n) is 3.33. The van der Waals surface area contributed by atoms with Crippen molar-refractivity contribution in [3.05, 3.63) is 35.5 Å². The van der Waals surface area contributed by atoms with Gasteiger partial charge in [-0.25, -0.2) is 9.37 Å². The number of hydrogen-bond donors (Lipinski definition) is 2. The maximum Gasteiger partial charge on any atom is 0.270 e. The summed E-state index contributed by atoms with van der Waals surface area (Å²) in [6.07, 6.45) is 4.29. The molecular formula is C15H20FN3O2. The average Bonchev–Trinajstić information content (AvgIpc) is 2.84. The lowest BCUT2D eigenvalue weighted by molar-refractivity contribution is 0.0946. The minimum Gasteiger partial charge on any atom is -0.396 e. The van der Waals surface area contributed by atoms with E-state index in [2.05, 4.69) is 10.3 Å². The number of carbonyl (C=O) groups is 1. The van der Waals surface area contributed by atoms with E-state index in [1.807, 2.05) is 6.92 Å². The molecular weight excluding hydrogens is 273 g/mol. The van der Waals surface area contributed by atoms with Crippen LogP contribution in [0.2, 0.25) is 0 Å². The van der Waals surface area contributed by atoms with E-state index < -0.39 is 5.82 Å². The largest absolute Gasteiger partial charge is 0.396 e. The van der Waals surface area contributed by atoms with Crippen LogP contribution in [-0.2, 0) is 6.42 Å². The van der Waals surface area contributed by atoms with E-state index >= 15 is 0 Å². The molecule has 0 spiro atoms. The molecule has 0 saturated heterocycles. The van der Waals surface area contributed by atoms with Crippen LogP contribution in [0.4, 0.5) is 4.39 Å². The third-order valence-corrected chi connectivity index (χ3v) is 3.33. The van der Waals surface area contributed by atoms with Gasteiger partial charge in [-0.1, -0.05) is 6.92 Å². The lowest BCUT2D eigenvalue weighted by Crippen LogP contribution is -2.26. The first-order valence-electron chi connectivity index (χ1n) is 7.23. The van der Waals surface area contributed by atoms with Gasteiger partial charge in [0.2, 0.25) is 0 Å². The number of aromatic nitrogens is 2. The Kier molecular flexibility index (Phi) is 5.27. The van der Waals surface area contributed by atoms with Gasteiger partial charge >= 0.3 is 0 Å². The van der Waals surface area contributed by atoms with E-state index in [9.17, 15) is 9.18 Å². The van der Waals surface area contributed by atoms with Crippen molar-refractivity contribution in [2.45, 2.75) is 32.6 Å². The molecule has 2 heterocycles. The summed E-state index contributed by atoms with van der Waals surface area (Å²) in [5.74, 6) is -0.645. The van der Waals surface area contributed by atoms with E-state index in [1.165, 1.54) is 16.7 Å². The first-order chi connectivity index (χ1) is 10.2. The number of unbranched alkanes of at least 4 members (excludes halogenated alkanes) is 2. The molecule has 2 N–H and O–H groups in total. The van der Waals surface area contributed by atoms with Gasteiger partial charge in [0.05, 0.1) is 5.69 Å². The van der Waals surface area contributed by atoms with Crippen LogP contribution in [0.5, 0.6) is 0 Å². The highest BCUT2D eigenvalue weighted by molar-refractivity contribution is 5.94. The number of imidazole rings is 1. The van der Waals surface area contributed by atoms with Crippen LogP contribution < -0.4 is 5.32 Å². The van der Waals surface area contributed by atoms with Crippen molar-refractivity contribution in [1.82, 2.24) is 14.7 Å². The summed E-state index contributed by atoms with van der Waals surface area (Å²) in [6, 6.07) is 2.89. The van der Waals surface area contributed by atoms with Crippen molar-refractivity contribution in [2.24, 2.45) is 0 Å². The lowest BCUT2D eigenvalue weighted by atomic mass is 10.2. The lowest BCUT2D eigenvalue weighted by Gasteiger charge is -2.06. The molecule has 0 saturated carbocycles. The molecule has 0 aliphatic carbocycles. The molecule has 0 atom stereocenters. The molecule has 2 rings (SSSR count). The molecule has 0 aromatic carbocycles. The maximum atomic E-state index is 13.4. The molecule has 2 aromatic heterocycles. The molecule has 0 aliphatic rings. The molecule has 0 radical (unpaired) electrons. The third kappa shape index (κ3) is 3.58. The molecule has 21 heavy (non-hydrogen) atoms. The van der Waals surface area contributed by atoms with E-state index in [1.54, 1.807) is 6.07 Å². The summed E-state index contributed by atoms with van der Waals surface area (Å²) in [4.78, 5) is 16.7. The zero-order valence-corrected chi connectivity index (χ0v) is 12.1. The summed E-state index contributed by atoms with van der Waals surface area (Å²) < 4.78 is 14.9. The monoisotopic (exact) mass is 293 g/mol. The fraction of sp³-hybridized carbons (Fsp3) is 0.467. The number of nitrogens with zero attached hydrogens (tertiary/aromatic N) is 2. The fourth-order valence-electron chi connectivity index (χ4n) is 2.25. The van der Waals surface area contributed by atoms with Gasteiger partial charge < -0.3 is 10.4 Å². The molecule has 0 fully saturated rings. The van der Waals surface area contributed by atoms with Gasteiger partial charge in [0.1, 0.15) is 17.2 Å². The van der Waals surface area contributed by atoms with Gasteiger partial charge in [-0.3, -0.25) is 9.20 Å². The van der Waals surface area contributed by atoms with E-state index in [0.717, 1.165) is 19.3 Å². The Bertz CT molecular complexity index is 625. The summed E-state index contributed by atoms with van der Waals surface area (Å²) in [5.41, 5.74) is 1.63. The van der Waals surface area contributed by atoms with Crippen molar-refractivity contribution < 1.29 is 14.3 Å². The van der Waals surface area contributed by atoms with Crippen LogP contribution in [-0.4, -0.2) is 33.6 Å². The van der Waals surface area contributed by atoms with Crippen molar-refractivity contribution in [1.29, 1.82) is 0 Å². The van der Waals surface area contributed by atoms with Crippen LogP contribution >= 0.6 is 0 Å². The summed E-state index contributed by atoms with van der Waals surface area (Å²) in [7, 11) is 0. The SMILES string of the molecule is CCc1nc2ccc(F)cn2c1C(=O)NCCCCCO. The van der Waals surface area contributed by atoms with Crippen LogP contribution in [0.15, 0.2) is 18.3 Å². The molecule has 114 valence electrons. The number of fused-ring (bicyclic) bond motifs is 1. The topological polar surface area (TPSA) is 66.6 Å². The molecule has 0 aliphatic heterocycles. The Labute approximate surface area is 122 Å². The number of rotatable bonds is 7. The number of hydrogen-bond acceptors (Lipinski definition) is 3. The fourth-order valence-corrected chi connectivity index (χ4v) is 2.25. The number of amides is 1. The number of aryl methyl sites for hydroxylation is 1. The van der Waals surface area contributed by atoms with E-state index in [0.29, 0.717) is 30.0 Å². The predicted molar refractivity (Wildman–Crippen MR) is 77.8 cm³/mol. The highest BCUT2D eigenvalue weighted by Gasteiger charge is 2.18. The van der Waals surface area contributed by atoms with Crippen LogP contribution in [0.3, 0.4) is 0 Å². The zero-order valence-electron chi connectivity index (χ0n) is 12.1. The van der Waals surface area contributed by atoms with E-state index in [4.69, 9.17) is 5.11 Å². The number of pyridine rings is 1. The van der Waals surface area contributed by atoms with Gasteiger partial charge in [-0.2, -0.15) is 0 Å². The Morgan fingerprint density at radius 1 is 1.38 bits per heavy atom. The van der Waals surface area contributed by atoms with Gasteiger partial charge in [-0.05, 0) is 37.8 Å². The average molecular weight is 293 g/mol. The Morgan fingerprint density at radius 3 is 2.90 bits per heavy atom. The Hall–Kier alpha value is -1.95. The minimum atomic E-state index is -0.403. The second-order valence-corrected chi connectivity index (χ2v) is 4.88. The van der Waals surface area contributed by atoms with Gasteiger partial charge in [0, 0.05) is 19.3 Å². The number of aliphatic hydroxyl groups excluding tert-OH is 1. The number of carbonyl (C=O) groups excluding carboxylic acids is 1. The summed E-state index contributed by atoms with van der Waals surface area (Å²) in [5, 5.41) is 11.5. The Balaban J connectivity index is 2.15. The van der Waals surface area contributed by atoms with Crippen molar-refractivity contribution in [3.8, 4) is 0 Å². The predicted octanol–water partition coefficient (Wildman–Crippen LogP) is 1.93. The van der Waals surface area contributed by atoms with Gasteiger partial charge in [-0.15, -0.1) is 0 Å². The molecule has 2 aromatic rings. The maximum absolute atomic E-state index is 13.4. The molecule has 6 heteroatoms. The summed E-state index contributed by atoms with van der Waals surface area (Å²) >= 11 is 0. The van der Waals surface area contributed by atoms with Crippen molar-refractivity contribution in [3.63, 3.8) is 0 Å². The first-order valence-corrected chi connectivity index (χ1v) is 7.23. The molecule has 5 nitrogen and oxygen atoms in total. The number of nitrogens with one attached hydrogen (secondary N) is 1. The van der Waals surface area contributed by atoms with Gasteiger partial charge in [0.25, 0.3) is 5.91 Å². The first kappa shape index (κ1) is 15.4. The zero-order chi connectivity index (χ0) is 15.2. The highest BCUT2D eigenvalue weighted by Crippen LogP contribution is 2.14. The van der Waals surface area contributed by atoms with Crippen LogP contribution in [0.25, 0.3) is 5.65 Å². The van der Waals surface area contributed by atoms with Crippen molar-refractivity contribution >= 4 is 11.6 Å². The second kappa shape index (κ2) is 7.17. The van der Waals surface area contributed by atoms with Crippen molar-refractivity contribution in [2.75, 3.05) is 13.2 Å². The smallest absolute Gasteiger partial charge is 0.270 e. The quantitative estimate of drug-likeness (QED) is 0.767. The number of aliphatic hydroxyl groups is 1. The van der Waals surface area contributed by atoms with Crippen LogP contribution in [0, 0.1) is 5.82 Å². The van der Waals surface area contributed by atoms with Gasteiger partial charge in [0.15, 0.2) is 0 Å². The minimum absolute atomic E-state index is 0.167. The Morgan fingerprint density at radius 2 is 2.19 bits per heavy atom. The second-order valence-electron chi connectivity index (χ2n) is 4.88.